The average Bonchev–Trinajstić information content (AvgIpc) is 1.63. The Bertz CT molecular complexity index is 7410. The molecule has 9 aromatic carbocycles. The molecular formula is C105H77F2Ir5N13O6-6. The largest absolute Gasteiger partial charge is 0.472 e. The Kier molecular flexibility index (Phi) is 36.2. The second-order valence-corrected chi connectivity index (χ2v) is 29.9. The zero-order chi connectivity index (χ0) is 87.5. The van der Waals surface area contributed by atoms with Crippen LogP contribution in [-0.2, 0) is 107 Å². The third-order valence-electron chi connectivity index (χ3n) is 19.9. The van der Waals surface area contributed by atoms with Gasteiger partial charge in [0.15, 0.2) is 0 Å². The van der Waals surface area contributed by atoms with Gasteiger partial charge >= 0.3 is 16.9 Å². The molecule has 22 rings (SSSR count). The summed E-state index contributed by atoms with van der Waals surface area (Å²) in [5.41, 5.74) is 18.5. The smallest absolute Gasteiger partial charge is 0.345 e. The van der Waals surface area contributed by atoms with Gasteiger partial charge in [-0.2, -0.15) is 5.21 Å². The van der Waals surface area contributed by atoms with Crippen molar-refractivity contribution in [3.8, 4) is 56.5 Å². The van der Waals surface area contributed by atoms with Crippen molar-refractivity contribution in [3.05, 3.63) is 430 Å². The maximum atomic E-state index is 13.5. The van der Waals surface area contributed by atoms with Crippen LogP contribution in [0.3, 0.4) is 0 Å². The van der Waals surface area contributed by atoms with Gasteiger partial charge in [0.2, 0.25) is 0 Å². The molecule has 0 fully saturated rings. The molecule has 0 saturated heterocycles. The van der Waals surface area contributed by atoms with E-state index in [4.69, 9.17) is 18.2 Å². The van der Waals surface area contributed by atoms with Crippen LogP contribution >= 0.6 is 0 Å². The molecule has 19 nitrogen and oxygen atoms in total. The van der Waals surface area contributed by atoms with Crippen LogP contribution in [0.2, 0.25) is 0 Å². The standard InChI is InChI=1S/C28H27N2.C13H9NO2.C12H9F2N.2C12H6NO2.2C11H8N.C6H4N5.5Ir/c1-18-9-8-10-19(2)26(18)25-17-29-27-22-12-7-6-11-21(22)23-15-20(16-28(3,4)5)13-14-24(23)30(25)27;1-8-4-2-6-10-11(8)12-9(13(15)16-10)5-3-7-14-12;1-8-6-9(13)7-10(14)12(8)11-4-2-3-5-15-11;2*14-12-9-5-3-7-13-11(9)8-4-1-2-6-10(8)15-12;2*1-2-6-10(7-3-1)11-8-4-5-9-12-11;1-2-4-7-5(3-1)6-8-10-11-9-6;;;;;/h6-11,13-15,17H,16H2,1-5H3;2-7H,1H3;2-7H,1H3;2*1-3,5-7H;2*1-6,8-9H;1-4H;;;;;/q-1;;;5*-1;;;;;. The third-order valence-corrected chi connectivity index (χ3v) is 19.9. The second-order valence-electron chi connectivity index (χ2n) is 29.9. The monoisotopic (exact) mass is 2620 g/mol. The number of fused-ring (bicyclic) bond motifs is 15. The summed E-state index contributed by atoms with van der Waals surface area (Å²) >= 11 is 0. The van der Waals surface area contributed by atoms with Crippen molar-refractivity contribution in [1.82, 2.24) is 64.9 Å². The van der Waals surface area contributed by atoms with Crippen molar-refractivity contribution in [1.29, 1.82) is 0 Å². The van der Waals surface area contributed by atoms with E-state index in [1.807, 2.05) is 128 Å². The van der Waals surface area contributed by atoms with Crippen LogP contribution in [0.1, 0.15) is 48.6 Å². The molecule has 0 aliphatic rings. The SMILES string of the molecule is Cc1cc(F)cc(F)c1-c1ccccn1.Cc1cccc(C)c1-c1cnc2c3[c-]cccc3c3cc(CC(C)(C)C)ccc3n12.Cc1cccc2oc(=O)c3cccnc3c12.O=c1oc2ccc[c-]c2c2ncccc12.O=c1oc2ccc[c-]c2c2ncccc12.[Ir].[Ir].[Ir].[Ir].[Ir].[c-]1ccccc1-c1ccccn1.[c-]1ccccc1-c1ccccn1.c1ccc(-c2nnn[n-]2)nc1. The summed E-state index contributed by atoms with van der Waals surface area (Å²) in [6, 6.07) is 102. The number of aryl methyl sites for hydroxylation is 4. The normalized spacial score (nSPS) is 10.5. The molecule has 0 atom stereocenters. The zero-order valence-electron chi connectivity index (χ0n) is 71.1. The van der Waals surface area contributed by atoms with Crippen LogP contribution in [0.4, 0.5) is 8.78 Å². The summed E-state index contributed by atoms with van der Waals surface area (Å²) in [6.45, 7) is 14.9. The van der Waals surface area contributed by atoms with Crippen LogP contribution in [0.5, 0.6) is 0 Å². The fourth-order valence-corrected chi connectivity index (χ4v) is 14.3. The first-order valence-electron chi connectivity index (χ1n) is 40.1. The van der Waals surface area contributed by atoms with E-state index in [0.29, 0.717) is 77.8 Å². The Morgan fingerprint density at radius 3 is 1.33 bits per heavy atom. The molecule has 0 amide bonds. The molecular weight excluding hydrogens is 2540 g/mol. The maximum Gasteiger partial charge on any atom is 0.345 e. The number of rotatable bonds is 6. The van der Waals surface area contributed by atoms with E-state index in [1.165, 1.54) is 44.6 Å². The van der Waals surface area contributed by atoms with Crippen molar-refractivity contribution in [2.24, 2.45) is 5.41 Å². The zero-order valence-corrected chi connectivity index (χ0v) is 83.0. The molecule has 26 heteroatoms. The summed E-state index contributed by atoms with van der Waals surface area (Å²) in [7, 11) is 0. The molecule has 0 N–H and O–H groups in total. The summed E-state index contributed by atoms with van der Waals surface area (Å²) in [4.78, 5) is 68.8. The molecule has 0 spiro atoms. The molecule has 663 valence electrons. The van der Waals surface area contributed by atoms with Crippen LogP contribution in [-0.4, -0.2) is 59.8 Å². The number of imidazole rings is 1. The van der Waals surface area contributed by atoms with E-state index in [2.05, 4.69) is 173 Å². The number of benzene rings is 9. The van der Waals surface area contributed by atoms with Gasteiger partial charge in [0, 0.05) is 211 Å². The molecule has 131 heavy (non-hydrogen) atoms. The fraction of sp³-hybridized carbons (Fsp3) is 0.0857. The summed E-state index contributed by atoms with van der Waals surface area (Å²) in [6.07, 6.45) is 14.9. The first kappa shape index (κ1) is 100.0. The molecule has 0 saturated carbocycles. The number of hydrogen-bond donors (Lipinski definition) is 0. The minimum atomic E-state index is -0.578. The quantitative estimate of drug-likeness (QED) is 0.0852. The fourth-order valence-electron chi connectivity index (χ4n) is 14.3. The minimum Gasteiger partial charge on any atom is -0.472 e. The van der Waals surface area contributed by atoms with Crippen LogP contribution < -0.4 is 22.0 Å². The van der Waals surface area contributed by atoms with Crippen LogP contribution in [0.25, 0.3) is 149 Å². The molecule has 0 aliphatic carbocycles. The van der Waals surface area contributed by atoms with Crippen molar-refractivity contribution in [2.45, 2.75) is 54.9 Å². The minimum absolute atomic E-state index is 0. The van der Waals surface area contributed by atoms with Gasteiger partial charge in [-0.15, -0.1) is 150 Å². The van der Waals surface area contributed by atoms with Crippen LogP contribution in [0, 0.1) is 75.1 Å². The average molecular weight is 2620 g/mol. The van der Waals surface area contributed by atoms with E-state index in [0.717, 1.165) is 73.5 Å². The number of aromatic nitrogens is 13. The number of nitrogens with zero attached hydrogens (tertiary/aromatic N) is 13. The molecule has 22 aromatic rings. The van der Waals surface area contributed by atoms with Crippen LogP contribution in [0.15, 0.2) is 356 Å². The third kappa shape index (κ3) is 24.5. The molecule has 13 aromatic heterocycles. The van der Waals surface area contributed by atoms with Crippen molar-refractivity contribution < 1.29 is 123 Å². The molecule has 0 bridgehead atoms. The van der Waals surface area contributed by atoms with Gasteiger partial charge < -0.3 is 42.7 Å². The molecule has 5 radical (unpaired) electrons. The van der Waals surface area contributed by atoms with Gasteiger partial charge in [-0.25, -0.2) is 23.2 Å². The molecule has 0 unspecified atom stereocenters. The predicted octanol–water partition coefficient (Wildman–Crippen LogP) is 22.6. The number of hydrogen-bond acceptors (Lipinski definition) is 17. The van der Waals surface area contributed by atoms with E-state index in [9.17, 15) is 23.2 Å². The topological polar surface area (TPSA) is 251 Å². The van der Waals surface area contributed by atoms with E-state index < -0.39 is 11.6 Å². The van der Waals surface area contributed by atoms with Gasteiger partial charge in [-0.3, -0.25) is 30.2 Å². The number of pyridine rings is 8. The van der Waals surface area contributed by atoms with E-state index >= 15 is 0 Å². The van der Waals surface area contributed by atoms with Gasteiger partial charge in [0.05, 0.1) is 39.5 Å². The van der Waals surface area contributed by atoms with Gasteiger partial charge in [0.25, 0.3) is 0 Å². The maximum absolute atomic E-state index is 13.5. The Labute approximate surface area is 819 Å². The second kappa shape index (κ2) is 47.4. The molecule has 13 heterocycles. The number of halogens is 2. The van der Waals surface area contributed by atoms with Gasteiger partial charge in [-0.05, 0) is 163 Å². The predicted molar refractivity (Wildman–Crippen MR) is 491 cm³/mol. The van der Waals surface area contributed by atoms with Gasteiger partial charge in [0.1, 0.15) is 17.2 Å². The first-order chi connectivity index (χ1) is 61.4. The Morgan fingerprint density at radius 2 is 0.832 bits per heavy atom. The number of tetrazole rings is 1. The Morgan fingerprint density at radius 1 is 0.382 bits per heavy atom. The van der Waals surface area contributed by atoms with Crippen molar-refractivity contribution >= 4 is 92.9 Å². The Hall–Kier alpha value is -13.2. The summed E-state index contributed by atoms with van der Waals surface area (Å²) in [5.74, 6) is -0.679. The van der Waals surface area contributed by atoms with Crippen molar-refractivity contribution in [2.75, 3.05) is 0 Å². The first-order valence-corrected chi connectivity index (χ1v) is 40.1. The Balaban J connectivity index is 0.000000158. The molecule has 0 aliphatic heterocycles. The summed E-state index contributed by atoms with van der Waals surface area (Å²) < 4.78 is 44.3. The summed E-state index contributed by atoms with van der Waals surface area (Å²) in [5, 5.41) is 21.5. The van der Waals surface area contributed by atoms with E-state index in [1.54, 1.807) is 153 Å². The van der Waals surface area contributed by atoms with E-state index in [-0.39, 0.29) is 123 Å². The van der Waals surface area contributed by atoms with Gasteiger partial charge in [-0.1, -0.05) is 128 Å². The van der Waals surface area contributed by atoms with Crippen molar-refractivity contribution in [3.63, 3.8) is 0 Å².